The summed E-state index contributed by atoms with van der Waals surface area (Å²) >= 11 is 0. The number of aromatic nitrogens is 2. The quantitative estimate of drug-likeness (QED) is 0.920. The zero-order valence-corrected chi connectivity index (χ0v) is 12.0. The fourth-order valence-electron chi connectivity index (χ4n) is 3.20. The highest BCUT2D eigenvalue weighted by Gasteiger charge is 2.42. The summed E-state index contributed by atoms with van der Waals surface area (Å²) in [5, 5.41) is 7.57. The predicted molar refractivity (Wildman–Crippen MR) is 71.1 cm³/mol. The van der Waals surface area contributed by atoms with Crippen molar-refractivity contribution in [3.63, 3.8) is 0 Å². The third-order valence-electron chi connectivity index (χ3n) is 4.31. The molecule has 1 aromatic rings. The second kappa shape index (κ2) is 6.16. The molecule has 1 N–H and O–H groups in total. The molecule has 0 aliphatic heterocycles. The van der Waals surface area contributed by atoms with E-state index >= 15 is 0 Å². The van der Waals surface area contributed by atoms with Gasteiger partial charge in [-0.3, -0.25) is 4.68 Å². The lowest BCUT2D eigenvalue weighted by molar-refractivity contribution is -0.184. The molecule has 0 radical (unpaired) electrons. The molecule has 20 heavy (non-hydrogen) atoms. The molecule has 1 fully saturated rings. The van der Waals surface area contributed by atoms with Gasteiger partial charge in [0.1, 0.15) is 0 Å². The maximum atomic E-state index is 12.7. The second-order valence-corrected chi connectivity index (χ2v) is 5.57. The normalized spacial score (nSPS) is 25.6. The second-order valence-electron chi connectivity index (χ2n) is 5.57. The minimum Gasteiger partial charge on any atom is -0.309 e. The molecule has 0 aromatic carbocycles. The average molecular weight is 289 g/mol. The Bertz CT molecular complexity index is 420. The van der Waals surface area contributed by atoms with Gasteiger partial charge in [0, 0.05) is 13.2 Å². The molecule has 0 amide bonds. The van der Waals surface area contributed by atoms with Crippen LogP contribution in [0.2, 0.25) is 0 Å². The minimum atomic E-state index is -4.04. The molecule has 3 nitrogen and oxygen atoms in total. The molecule has 114 valence electrons. The van der Waals surface area contributed by atoms with E-state index in [2.05, 4.69) is 10.4 Å². The molecule has 1 aromatic heterocycles. The Labute approximate surface area is 117 Å². The number of hydrogen-bond acceptors (Lipinski definition) is 2. The van der Waals surface area contributed by atoms with E-state index in [9.17, 15) is 13.2 Å². The molecule has 1 aliphatic carbocycles. The third kappa shape index (κ3) is 3.34. The predicted octanol–water partition coefficient (Wildman–Crippen LogP) is 3.44. The Morgan fingerprint density at radius 3 is 2.45 bits per heavy atom. The van der Waals surface area contributed by atoms with E-state index in [1.165, 1.54) is 0 Å². The summed E-state index contributed by atoms with van der Waals surface area (Å²) in [4.78, 5) is 0. The first-order chi connectivity index (χ1) is 9.43. The number of rotatable bonds is 4. The Balaban J connectivity index is 2.04. The minimum absolute atomic E-state index is 0.0988. The molecule has 1 saturated carbocycles. The van der Waals surface area contributed by atoms with Gasteiger partial charge < -0.3 is 5.32 Å². The average Bonchev–Trinajstić information content (AvgIpc) is 2.81. The van der Waals surface area contributed by atoms with Gasteiger partial charge >= 0.3 is 6.18 Å². The van der Waals surface area contributed by atoms with Crippen LogP contribution >= 0.6 is 0 Å². The van der Waals surface area contributed by atoms with E-state index in [1.54, 1.807) is 6.20 Å². The van der Waals surface area contributed by atoms with E-state index in [0.29, 0.717) is 12.8 Å². The van der Waals surface area contributed by atoms with Gasteiger partial charge in [-0.15, -0.1) is 0 Å². The molecule has 1 atom stereocenters. The van der Waals surface area contributed by atoms with Crippen molar-refractivity contribution in [3.05, 3.63) is 18.0 Å². The molecule has 6 heteroatoms. The maximum absolute atomic E-state index is 12.7. The van der Waals surface area contributed by atoms with Gasteiger partial charge in [0.05, 0.1) is 17.7 Å². The number of alkyl halides is 3. The number of nitrogens with zero attached hydrogens (tertiary/aromatic N) is 2. The smallest absolute Gasteiger partial charge is 0.309 e. The zero-order valence-electron chi connectivity index (χ0n) is 12.0. The SMILES string of the molecule is CCNC(c1ccnn1C)C1CCC(C(F)(F)F)CC1. The molecule has 1 heterocycles. The maximum Gasteiger partial charge on any atom is 0.391 e. The van der Waals surface area contributed by atoms with Gasteiger partial charge in [-0.2, -0.15) is 18.3 Å². The molecule has 1 aliphatic rings. The Morgan fingerprint density at radius 1 is 1.35 bits per heavy atom. The highest BCUT2D eigenvalue weighted by molar-refractivity contribution is 5.09. The molecule has 0 spiro atoms. The van der Waals surface area contributed by atoms with Crippen molar-refractivity contribution in [1.82, 2.24) is 15.1 Å². The summed E-state index contributed by atoms with van der Waals surface area (Å²) in [6.45, 7) is 2.82. The molecular weight excluding hydrogens is 267 g/mol. The summed E-state index contributed by atoms with van der Waals surface area (Å²) in [7, 11) is 1.88. The largest absolute Gasteiger partial charge is 0.391 e. The first kappa shape index (κ1) is 15.4. The van der Waals surface area contributed by atoms with E-state index in [-0.39, 0.29) is 24.8 Å². The van der Waals surface area contributed by atoms with Crippen molar-refractivity contribution < 1.29 is 13.2 Å². The Kier molecular flexibility index (Phi) is 4.73. The molecule has 2 rings (SSSR count). The summed E-state index contributed by atoms with van der Waals surface area (Å²) in [5.74, 6) is -0.864. The standard InChI is InChI=1S/C14H22F3N3/c1-3-18-13(12-8-9-19-20(12)2)10-4-6-11(7-5-10)14(15,16)17/h8-11,13,18H,3-7H2,1-2H3. The van der Waals surface area contributed by atoms with Crippen molar-refractivity contribution in [2.45, 2.75) is 44.8 Å². The van der Waals surface area contributed by atoms with Crippen molar-refractivity contribution in [3.8, 4) is 0 Å². The lowest BCUT2D eigenvalue weighted by atomic mass is 9.77. The fourth-order valence-corrected chi connectivity index (χ4v) is 3.20. The molecule has 0 saturated heterocycles. The Morgan fingerprint density at radius 2 is 2.00 bits per heavy atom. The van der Waals surface area contributed by atoms with Crippen LogP contribution in [0.25, 0.3) is 0 Å². The molecule has 1 unspecified atom stereocenters. The van der Waals surface area contributed by atoms with Crippen LogP contribution in [0.15, 0.2) is 12.3 Å². The van der Waals surface area contributed by atoms with E-state index in [4.69, 9.17) is 0 Å². The van der Waals surface area contributed by atoms with Crippen molar-refractivity contribution >= 4 is 0 Å². The van der Waals surface area contributed by atoms with E-state index < -0.39 is 12.1 Å². The zero-order chi connectivity index (χ0) is 14.8. The van der Waals surface area contributed by atoms with Crippen LogP contribution in [0.3, 0.4) is 0 Å². The number of halogens is 3. The van der Waals surface area contributed by atoms with Crippen LogP contribution in [0.1, 0.15) is 44.3 Å². The van der Waals surface area contributed by atoms with Gasteiger partial charge in [0.25, 0.3) is 0 Å². The third-order valence-corrected chi connectivity index (χ3v) is 4.31. The summed E-state index contributed by atoms with van der Waals surface area (Å²) in [6.07, 6.45) is -0.575. The van der Waals surface area contributed by atoms with Crippen LogP contribution in [0.5, 0.6) is 0 Å². The lowest BCUT2D eigenvalue weighted by Gasteiger charge is -2.35. The van der Waals surface area contributed by atoms with Crippen LogP contribution in [0.4, 0.5) is 13.2 Å². The van der Waals surface area contributed by atoms with Gasteiger partial charge in [0.15, 0.2) is 0 Å². The van der Waals surface area contributed by atoms with Crippen LogP contribution in [-0.2, 0) is 7.05 Å². The monoisotopic (exact) mass is 289 g/mol. The highest BCUT2D eigenvalue weighted by Crippen LogP contribution is 2.43. The molecule has 0 bridgehead atoms. The number of nitrogens with one attached hydrogen (secondary N) is 1. The Hall–Kier alpha value is -1.04. The first-order valence-electron chi connectivity index (χ1n) is 7.21. The highest BCUT2D eigenvalue weighted by atomic mass is 19.4. The number of hydrogen-bond donors (Lipinski definition) is 1. The van der Waals surface area contributed by atoms with Gasteiger partial charge in [0.2, 0.25) is 0 Å². The summed E-state index contributed by atoms with van der Waals surface area (Å²) in [5.41, 5.74) is 1.06. The van der Waals surface area contributed by atoms with E-state index in [1.807, 2.05) is 24.7 Å². The first-order valence-corrected chi connectivity index (χ1v) is 7.21. The van der Waals surface area contributed by atoms with Crippen molar-refractivity contribution in [1.29, 1.82) is 0 Å². The van der Waals surface area contributed by atoms with Gasteiger partial charge in [-0.1, -0.05) is 6.92 Å². The summed E-state index contributed by atoms with van der Waals surface area (Å²) in [6, 6.07) is 2.05. The lowest BCUT2D eigenvalue weighted by Crippen LogP contribution is -2.35. The number of aryl methyl sites for hydroxylation is 1. The van der Waals surface area contributed by atoms with Crippen LogP contribution in [0, 0.1) is 11.8 Å². The van der Waals surface area contributed by atoms with Gasteiger partial charge in [-0.05, 0) is 44.2 Å². The van der Waals surface area contributed by atoms with E-state index in [0.717, 1.165) is 12.2 Å². The van der Waals surface area contributed by atoms with Crippen LogP contribution in [-0.4, -0.2) is 22.5 Å². The molecular formula is C14H22F3N3. The van der Waals surface area contributed by atoms with Crippen LogP contribution < -0.4 is 5.32 Å². The summed E-state index contributed by atoms with van der Waals surface area (Å²) < 4.78 is 40.0. The van der Waals surface area contributed by atoms with Gasteiger partial charge in [-0.25, -0.2) is 0 Å². The van der Waals surface area contributed by atoms with Crippen molar-refractivity contribution in [2.24, 2.45) is 18.9 Å². The fraction of sp³-hybridized carbons (Fsp3) is 0.786. The van der Waals surface area contributed by atoms with Crippen molar-refractivity contribution in [2.75, 3.05) is 6.54 Å². The topological polar surface area (TPSA) is 29.9 Å².